The molecule has 1 aliphatic heterocycles. The summed E-state index contributed by atoms with van der Waals surface area (Å²) in [5.41, 5.74) is 1.16. The Labute approximate surface area is 108 Å². The van der Waals surface area contributed by atoms with Crippen LogP contribution in [0.2, 0.25) is 0 Å². The molecular weight excluding hydrogens is 230 g/mol. The third-order valence-electron chi connectivity index (χ3n) is 2.93. The van der Waals surface area contributed by atoms with Gasteiger partial charge in [0, 0.05) is 13.1 Å². The number of carbonyl (C=O) groups is 1. The van der Waals surface area contributed by atoms with Gasteiger partial charge in [-0.1, -0.05) is 42.5 Å². The van der Waals surface area contributed by atoms with Crippen LogP contribution in [0.5, 0.6) is 0 Å². The minimum absolute atomic E-state index is 0.140. The van der Waals surface area contributed by atoms with E-state index < -0.39 is 0 Å². The molecule has 90 valence electrons. The Morgan fingerprint density at radius 2 is 2.06 bits per heavy atom. The molecule has 0 aliphatic carbocycles. The second-order valence-corrected chi connectivity index (χ2v) is 4.87. The summed E-state index contributed by atoms with van der Waals surface area (Å²) in [5, 5.41) is -0.233. The SMILES string of the molecule is O=C(C(S)Cc1ccccc1)N1CC=CCC1. The van der Waals surface area contributed by atoms with E-state index in [1.54, 1.807) is 0 Å². The van der Waals surface area contributed by atoms with Crippen molar-refractivity contribution in [3.8, 4) is 0 Å². The molecule has 0 saturated heterocycles. The maximum atomic E-state index is 12.1. The van der Waals surface area contributed by atoms with Crippen LogP contribution in [0.3, 0.4) is 0 Å². The van der Waals surface area contributed by atoms with Crippen LogP contribution in [0.15, 0.2) is 42.5 Å². The Bertz CT molecular complexity index is 402. The van der Waals surface area contributed by atoms with Gasteiger partial charge in [-0.15, -0.1) is 0 Å². The standard InChI is InChI=1S/C14H17NOS/c16-14(15-9-5-2-6-10-15)13(17)11-12-7-3-1-4-8-12/h1-5,7-8,13,17H,6,9-11H2. The minimum atomic E-state index is -0.233. The summed E-state index contributed by atoms with van der Waals surface area (Å²) in [6.45, 7) is 1.55. The zero-order valence-electron chi connectivity index (χ0n) is 9.75. The molecule has 0 saturated carbocycles. The molecule has 2 nitrogen and oxygen atoms in total. The molecule has 0 fully saturated rings. The summed E-state index contributed by atoms with van der Waals surface area (Å²) in [6, 6.07) is 10.0. The first-order chi connectivity index (χ1) is 8.27. The number of carbonyl (C=O) groups excluding carboxylic acids is 1. The van der Waals surface area contributed by atoms with Crippen LogP contribution in [0, 0.1) is 0 Å². The van der Waals surface area contributed by atoms with Crippen molar-refractivity contribution in [1.82, 2.24) is 4.90 Å². The molecule has 0 bridgehead atoms. The Morgan fingerprint density at radius 1 is 1.29 bits per heavy atom. The van der Waals surface area contributed by atoms with Crippen molar-refractivity contribution in [3.05, 3.63) is 48.0 Å². The second kappa shape index (κ2) is 5.92. The highest BCUT2D eigenvalue weighted by atomic mass is 32.1. The van der Waals surface area contributed by atoms with Gasteiger partial charge in [0.2, 0.25) is 5.91 Å². The van der Waals surface area contributed by atoms with Crippen molar-refractivity contribution in [3.63, 3.8) is 0 Å². The predicted molar refractivity (Wildman–Crippen MR) is 73.3 cm³/mol. The summed E-state index contributed by atoms with van der Waals surface area (Å²) in [4.78, 5) is 14.0. The zero-order chi connectivity index (χ0) is 12.1. The zero-order valence-corrected chi connectivity index (χ0v) is 10.6. The number of hydrogen-bond acceptors (Lipinski definition) is 2. The van der Waals surface area contributed by atoms with E-state index in [0.717, 1.165) is 25.1 Å². The van der Waals surface area contributed by atoms with Crippen LogP contribution >= 0.6 is 12.6 Å². The highest BCUT2D eigenvalue weighted by molar-refractivity contribution is 7.81. The van der Waals surface area contributed by atoms with Gasteiger partial charge in [-0.3, -0.25) is 4.79 Å². The van der Waals surface area contributed by atoms with Crippen LogP contribution in [-0.4, -0.2) is 29.1 Å². The van der Waals surface area contributed by atoms with Crippen LogP contribution in [0.1, 0.15) is 12.0 Å². The largest absolute Gasteiger partial charge is 0.338 e. The molecule has 1 heterocycles. The van der Waals surface area contributed by atoms with E-state index in [2.05, 4.69) is 18.7 Å². The smallest absolute Gasteiger partial charge is 0.236 e. The van der Waals surface area contributed by atoms with Crippen LogP contribution in [0.4, 0.5) is 0 Å². The predicted octanol–water partition coefficient (Wildman–Crippen LogP) is 2.32. The van der Waals surface area contributed by atoms with Gasteiger partial charge in [0.15, 0.2) is 0 Å². The highest BCUT2D eigenvalue weighted by Crippen LogP contribution is 2.12. The van der Waals surface area contributed by atoms with E-state index in [9.17, 15) is 4.79 Å². The third kappa shape index (κ3) is 3.37. The van der Waals surface area contributed by atoms with Gasteiger partial charge in [0.1, 0.15) is 0 Å². The molecule has 1 aliphatic rings. The first-order valence-corrected chi connectivity index (χ1v) is 6.45. The minimum Gasteiger partial charge on any atom is -0.338 e. The number of hydrogen-bond donors (Lipinski definition) is 1. The first kappa shape index (κ1) is 12.2. The molecule has 3 heteroatoms. The molecule has 17 heavy (non-hydrogen) atoms. The van der Waals surface area contributed by atoms with E-state index in [0.29, 0.717) is 6.42 Å². The fraction of sp³-hybridized carbons (Fsp3) is 0.357. The molecular formula is C14H17NOS. The van der Waals surface area contributed by atoms with Gasteiger partial charge >= 0.3 is 0 Å². The summed E-state index contributed by atoms with van der Waals surface area (Å²) >= 11 is 4.43. The van der Waals surface area contributed by atoms with E-state index in [-0.39, 0.29) is 11.2 Å². The van der Waals surface area contributed by atoms with Gasteiger partial charge < -0.3 is 4.90 Å². The Kier molecular flexibility index (Phi) is 4.26. The molecule has 1 atom stereocenters. The molecule has 1 aromatic carbocycles. The van der Waals surface area contributed by atoms with E-state index >= 15 is 0 Å². The van der Waals surface area contributed by atoms with Crippen LogP contribution in [0.25, 0.3) is 0 Å². The lowest BCUT2D eigenvalue weighted by Gasteiger charge is -2.26. The molecule has 1 unspecified atom stereocenters. The summed E-state index contributed by atoms with van der Waals surface area (Å²) in [6.07, 6.45) is 5.82. The number of amides is 1. The average Bonchev–Trinajstić information content (AvgIpc) is 2.40. The van der Waals surface area contributed by atoms with Gasteiger partial charge in [-0.2, -0.15) is 12.6 Å². The van der Waals surface area contributed by atoms with Gasteiger partial charge in [-0.05, 0) is 18.4 Å². The lowest BCUT2D eigenvalue weighted by molar-refractivity contribution is -0.130. The summed E-state index contributed by atoms with van der Waals surface area (Å²) < 4.78 is 0. The van der Waals surface area contributed by atoms with Gasteiger partial charge in [0.25, 0.3) is 0 Å². The maximum Gasteiger partial charge on any atom is 0.236 e. The number of thiol groups is 1. The molecule has 0 radical (unpaired) electrons. The van der Waals surface area contributed by atoms with E-state index in [4.69, 9.17) is 0 Å². The van der Waals surface area contributed by atoms with Crippen molar-refractivity contribution >= 4 is 18.5 Å². The fourth-order valence-electron chi connectivity index (χ4n) is 1.98. The van der Waals surface area contributed by atoms with Crippen molar-refractivity contribution < 1.29 is 4.79 Å². The summed E-state index contributed by atoms with van der Waals surface area (Å²) in [7, 11) is 0. The number of benzene rings is 1. The molecule has 0 N–H and O–H groups in total. The molecule has 1 aromatic rings. The van der Waals surface area contributed by atoms with Crippen molar-refractivity contribution in [2.45, 2.75) is 18.1 Å². The third-order valence-corrected chi connectivity index (χ3v) is 3.33. The van der Waals surface area contributed by atoms with Crippen molar-refractivity contribution in [1.29, 1.82) is 0 Å². The van der Waals surface area contributed by atoms with Gasteiger partial charge in [0.05, 0.1) is 5.25 Å². The Morgan fingerprint density at radius 3 is 2.71 bits per heavy atom. The Balaban J connectivity index is 1.93. The monoisotopic (exact) mass is 247 g/mol. The van der Waals surface area contributed by atoms with Crippen molar-refractivity contribution in [2.24, 2.45) is 0 Å². The van der Waals surface area contributed by atoms with E-state index in [1.165, 1.54) is 0 Å². The van der Waals surface area contributed by atoms with Crippen LogP contribution < -0.4 is 0 Å². The second-order valence-electron chi connectivity index (χ2n) is 4.25. The highest BCUT2D eigenvalue weighted by Gasteiger charge is 2.21. The van der Waals surface area contributed by atoms with Gasteiger partial charge in [-0.25, -0.2) is 0 Å². The lowest BCUT2D eigenvalue weighted by atomic mass is 10.1. The summed E-state index contributed by atoms with van der Waals surface area (Å²) in [5.74, 6) is 0.140. The maximum absolute atomic E-state index is 12.1. The molecule has 0 aromatic heterocycles. The van der Waals surface area contributed by atoms with E-state index in [1.807, 2.05) is 41.3 Å². The number of rotatable bonds is 3. The van der Waals surface area contributed by atoms with Crippen LogP contribution in [-0.2, 0) is 11.2 Å². The molecule has 2 rings (SSSR count). The normalized spacial score (nSPS) is 16.9. The fourth-order valence-corrected chi connectivity index (χ4v) is 2.35. The Hall–Kier alpha value is -1.22. The number of nitrogens with zero attached hydrogens (tertiary/aromatic N) is 1. The average molecular weight is 247 g/mol. The topological polar surface area (TPSA) is 20.3 Å². The lowest BCUT2D eigenvalue weighted by Crippen LogP contribution is -2.39. The quantitative estimate of drug-likeness (QED) is 0.642. The first-order valence-electron chi connectivity index (χ1n) is 5.93. The molecule has 1 amide bonds. The molecule has 0 spiro atoms. The van der Waals surface area contributed by atoms with Crippen molar-refractivity contribution in [2.75, 3.05) is 13.1 Å².